The fourth-order valence-electron chi connectivity index (χ4n) is 1.43. The summed E-state index contributed by atoms with van der Waals surface area (Å²) in [4.78, 5) is 11.7. The lowest BCUT2D eigenvalue weighted by Crippen LogP contribution is -2.20. The first-order chi connectivity index (χ1) is 8.31. The Morgan fingerprint density at radius 2 is 2.06 bits per heavy atom. The van der Waals surface area contributed by atoms with Gasteiger partial charge in [-0.05, 0) is 35.1 Å². The number of rotatable bonds is 4. The molecule has 0 bridgehead atoms. The van der Waals surface area contributed by atoms with Gasteiger partial charge in [-0.1, -0.05) is 0 Å². The number of hydrogen-bond acceptors (Lipinski definition) is 3. The van der Waals surface area contributed by atoms with Crippen LogP contribution < -0.4 is 10.1 Å². The number of carbonyl (C=O) groups excluding carboxylic acids is 1. The third-order valence-corrected chi connectivity index (χ3v) is 2.80. The molecule has 1 aromatic rings. The quantitative estimate of drug-likeness (QED) is 0.865. The molecule has 1 rings (SSSR count). The number of ether oxygens (including phenoxy) is 1. The van der Waals surface area contributed by atoms with E-state index in [-0.39, 0.29) is 22.3 Å². The number of alkyl halides is 3. The summed E-state index contributed by atoms with van der Waals surface area (Å²) in [6, 6.07) is 1.68. The van der Waals surface area contributed by atoms with Crippen LogP contribution >= 0.6 is 15.9 Å². The molecule has 1 aromatic carbocycles. The molecule has 0 radical (unpaired) electrons. The molecule has 0 saturated heterocycles. The van der Waals surface area contributed by atoms with Crippen molar-refractivity contribution in [1.82, 2.24) is 5.32 Å². The summed E-state index contributed by atoms with van der Waals surface area (Å²) in [5.74, 6) is -0.371. The van der Waals surface area contributed by atoms with Gasteiger partial charge in [0.15, 0.2) is 5.78 Å². The molecule has 0 atom stereocenters. The second kappa shape index (κ2) is 5.71. The highest BCUT2D eigenvalue weighted by atomic mass is 79.9. The molecule has 0 fully saturated rings. The SMILES string of the molecule is CNCC(=O)c1cc(C(F)(F)F)cc(Br)c1OC. The zero-order chi connectivity index (χ0) is 13.9. The molecular formula is C11H11BrF3NO2. The largest absolute Gasteiger partial charge is 0.495 e. The maximum atomic E-state index is 12.6. The maximum absolute atomic E-state index is 12.6. The third-order valence-electron chi connectivity index (χ3n) is 2.21. The Morgan fingerprint density at radius 3 is 2.50 bits per heavy atom. The van der Waals surface area contributed by atoms with Crippen molar-refractivity contribution in [1.29, 1.82) is 0 Å². The van der Waals surface area contributed by atoms with Gasteiger partial charge < -0.3 is 10.1 Å². The molecule has 1 N–H and O–H groups in total. The molecule has 0 amide bonds. The van der Waals surface area contributed by atoms with Crippen molar-refractivity contribution in [3.8, 4) is 5.75 Å². The van der Waals surface area contributed by atoms with Crippen LogP contribution in [0.3, 0.4) is 0 Å². The number of nitrogens with one attached hydrogen (secondary N) is 1. The Morgan fingerprint density at radius 1 is 1.44 bits per heavy atom. The van der Waals surface area contributed by atoms with Crippen molar-refractivity contribution in [2.45, 2.75) is 6.18 Å². The van der Waals surface area contributed by atoms with Gasteiger partial charge >= 0.3 is 6.18 Å². The molecule has 0 aliphatic carbocycles. The third kappa shape index (κ3) is 3.23. The molecule has 100 valence electrons. The van der Waals surface area contributed by atoms with Crippen LogP contribution in [-0.4, -0.2) is 26.5 Å². The number of hydrogen-bond donors (Lipinski definition) is 1. The van der Waals surface area contributed by atoms with E-state index in [1.165, 1.54) is 14.2 Å². The standard InChI is InChI=1S/C11H11BrF3NO2/c1-16-5-9(17)7-3-6(11(13,14)15)4-8(12)10(7)18-2/h3-4,16H,5H2,1-2H3. The van der Waals surface area contributed by atoms with Gasteiger partial charge in [-0.25, -0.2) is 0 Å². The number of halogens is 4. The summed E-state index contributed by atoms with van der Waals surface area (Å²) in [7, 11) is 2.83. The molecular weight excluding hydrogens is 315 g/mol. The van der Waals surface area contributed by atoms with Gasteiger partial charge in [-0.2, -0.15) is 13.2 Å². The Labute approximate surface area is 110 Å². The van der Waals surface area contributed by atoms with E-state index in [0.29, 0.717) is 0 Å². The topological polar surface area (TPSA) is 38.3 Å². The average Bonchev–Trinajstić information content (AvgIpc) is 2.27. The molecule has 0 saturated carbocycles. The molecule has 0 aromatic heterocycles. The lowest BCUT2D eigenvalue weighted by molar-refractivity contribution is -0.137. The van der Waals surface area contributed by atoms with E-state index < -0.39 is 17.5 Å². The van der Waals surface area contributed by atoms with Crippen LogP contribution in [0.4, 0.5) is 13.2 Å². The van der Waals surface area contributed by atoms with Crippen LogP contribution in [0.15, 0.2) is 16.6 Å². The fraction of sp³-hybridized carbons (Fsp3) is 0.364. The average molecular weight is 326 g/mol. The number of carbonyl (C=O) groups is 1. The van der Waals surface area contributed by atoms with Gasteiger partial charge in [0, 0.05) is 0 Å². The van der Waals surface area contributed by atoms with E-state index in [2.05, 4.69) is 21.2 Å². The van der Waals surface area contributed by atoms with Crippen LogP contribution in [0.5, 0.6) is 5.75 Å². The Hall–Kier alpha value is -1.08. The fourth-order valence-corrected chi connectivity index (χ4v) is 2.05. The molecule has 18 heavy (non-hydrogen) atoms. The van der Waals surface area contributed by atoms with Crippen molar-refractivity contribution >= 4 is 21.7 Å². The zero-order valence-electron chi connectivity index (χ0n) is 9.69. The molecule has 7 heteroatoms. The molecule has 0 heterocycles. The second-order valence-corrected chi connectivity index (χ2v) is 4.34. The monoisotopic (exact) mass is 325 g/mol. The zero-order valence-corrected chi connectivity index (χ0v) is 11.3. The van der Waals surface area contributed by atoms with Gasteiger partial charge in [0.1, 0.15) is 5.75 Å². The van der Waals surface area contributed by atoms with Crippen LogP contribution in [0.25, 0.3) is 0 Å². The van der Waals surface area contributed by atoms with Gasteiger partial charge in [0.2, 0.25) is 0 Å². The van der Waals surface area contributed by atoms with E-state index in [1.807, 2.05) is 0 Å². The van der Waals surface area contributed by atoms with Crippen LogP contribution in [0.1, 0.15) is 15.9 Å². The summed E-state index contributed by atoms with van der Waals surface area (Å²) >= 11 is 2.97. The van der Waals surface area contributed by atoms with E-state index in [9.17, 15) is 18.0 Å². The molecule has 0 aliphatic rings. The Kier molecular flexibility index (Phi) is 4.75. The second-order valence-electron chi connectivity index (χ2n) is 3.49. The van der Waals surface area contributed by atoms with E-state index in [0.717, 1.165) is 12.1 Å². The van der Waals surface area contributed by atoms with Gasteiger partial charge in [-0.3, -0.25) is 4.79 Å². The summed E-state index contributed by atoms with van der Waals surface area (Å²) in [5, 5.41) is 2.59. The lowest BCUT2D eigenvalue weighted by atomic mass is 10.1. The highest BCUT2D eigenvalue weighted by Crippen LogP contribution is 2.37. The molecule has 0 spiro atoms. The van der Waals surface area contributed by atoms with Gasteiger partial charge in [-0.15, -0.1) is 0 Å². The van der Waals surface area contributed by atoms with E-state index >= 15 is 0 Å². The summed E-state index contributed by atoms with van der Waals surface area (Å²) in [6.45, 7) is -0.0654. The minimum absolute atomic E-state index is 0.0654. The summed E-state index contributed by atoms with van der Waals surface area (Å²) in [6.07, 6.45) is -4.51. The highest BCUT2D eigenvalue weighted by molar-refractivity contribution is 9.10. The van der Waals surface area contributed by atoms with Crippen molar-refractivity contribution in [3.05, 3.63) is 27.7 Å². The predicted octanol–water partition coefficient (Wildman–Crippen LogP) is 2.88. The Bertz CT molecular complexity index is 460. The normalized spacial score (nSPS) is 11.4. The minimum atomic E-state index is -4.51. The molecule has 3 nitrogen and oxygen atoms in total. The van der Waals surface area contributed by atoms with Crippen LogP contribution in [0.2, 0.25) is 0 Å². The molecule has 0 unspecified atom stereocenters. The molecule has 0 aliphatic heterocycles. The van der Waals surface area contributed by atoms with Crippen LogP contribution in [0, 0.1) is 0 Å². The van der Waals surface area contributed by atoms with E-state index in [1.54, 1.807) is 0 Å². The first-order valence-electron chi connectivity index (χ1n) is 4.93. The van der Waals surface area contributed by atoms with E-state index in [4.69, 9.17) is 4.74 Å². The van der Waals surface area contributed by atoms with Crippen molar-refractivity contribution in [2.24, 2.45) is 0 Å². The van der Waals surface area contributed by atoms with Crippen LogP contribution in [-0.2, 0) is 6.18 Å². The van der Waals surface area contributed by atoms with Crippen molar-refractivity contribution in [2.75, 3.05) is 20.7 Å². The number of methoxy groups -OCH3 is 1. The smallest absolute Gasteiger partial charge is 0.416 e. The summed E-state index contributed by atoms with van der Waals surface area (Å²) < 4.78 is 43.0. The minimum Gasteiger partial charge on any atom is -0.495 e. The maximum Gasteiger partial charge on any atom is 0.416 e. The van der Waals surface area contributed by atoms with Gasteiger partial charge in [0.25, 0.3) is 0 Å². The first kappa shape index (κ1) is 15.0. The van der Waals surface area contributed by atoms with Crippen molar-refractivity contribution in [3.63, 3.8) is 0 Å². The summed E-state index contributed by atoms with van der Waals surface area (Å²) in [5.41, 5.74) is -0.997. The lowest BCUT2D eigenvalue weighted by Gasteiger charge is -2.14. The predicted molar refractivity (Wildman–Crippen MR) is 64.0 cm³/mol. The number of ketones is 1. The number of Topliss-reactive ketones (excluding diaryl/α,β-unsaturated/α-hetero) is 1. The van der Waals surface area contributed by atoms with Gasteiger partial charge in [0.05, 0.1) is 29.3 Å². The number of benzene rings is 1. The first-order valence-corrected chi connectivity index (χ1v) is 5.73. The van der Waals surface area contributed by atoms with Crippen molar-refractivity contribution < 1.29 is 22.7 Å². The number of likely N-dealkylation sites (N-methyl/N-ethyl adjacent to an activating group) is 1. The highest BCUT2D eigenvalue weighted by Gasteiger charge is 2.33. The Balaban J connectivity index is 3.37.